The van der Waals surface area contributed by atoms with Gasteiger partial charge in [-0.3, -0.25) is 0 Å². The molecule has 1 aromatic heterocycles. The third-order valence-corrected chi connectivity index (χ3v) is 3.37. The highest BCUT2D eigenvalue weighted by molar-refractivity contribution is 4.96. The van der Waals surface area contributed by atoms with E-state index < -0.39 is 0 Å². The lowest BCUT2D eigenvalue weighted by Gasteiger charge is -2.27. The van der Waals surface area contributed by atoms with Crippen LogP contribution in [0.5, 0.6) is 0 Å². The van der Waals surface area contributed by atoms with E-state index in [2.05, 4.69) is 50.1 Å². The largest absolute Gasteiger partial charge is 0.370 e. The second-order valence-electron chi connectivity index (χ2n) is 6.64. The SMILES string of the molecule is CCCNC(C)CCc1nc(C(OCC)C(C)(C)C)no1. The van der Waals surface area contributed by atoms with Crippen LogP contribution in [0.15, 0.2) is 4.52 Å². The molecule has 0 aromatic carbocycles. The fraction of sp³-hybridized carbons (Fsp3) is 0.875. The Labute approximate surface area is 128 Å². The highest BCUT2D eigenvalue weighted by Crippen LogP contribution is 2.34. The number of hydrogen-bond donors (Lipinski definition) is 1. The molecule has 0 radical (unpaired) electrons. The van der Waals surface area contributed by atoms with Crippen LogP contribution >= 0.6 is 0 Å². The van der Waals surface area contributed by atoms with Gasteiger partial charge in [-0.25, -0.2) is 0 Å². The standard InChI is InChI=1S/C16H31N3O2/c1-7-11-17-12(3)9-10-13-18-15(19-21-13)14(20-8-2)16(4,5)6/h12,14,17H,7-11H2,1-6H3. The first-order valence-electron chi connectivity index (χ1n) is 8.05. The predicted molar refractivity (Wildman–Crippen MR) is 84.2 cm³/mol. The Bertz CT molecular complexity index is 398. The van der Waals surface area contributed by atoms with Crippen molar-refractivity contribution in [1.29, 1.82) is 0 Å². The molecular formula is C16H31N3O2. The quantitative estimate of drug-likeness (QED) is 0.755. The Morgan fingerprint density at radius 3 is 2.57 bits per heavy atom. The Kier molecular flexibility index (Phi) is 7.32. The van der Waals surface area contributed by atoms with Crippen molar-refractivity contribution < 1.29 is 9.26 Å². The molecule has 1 aromatic rings. The predicted octanol–water partition coefficient (Wildman–Crippen LogP) is 3.51. The van der Waals surface area contributed by atoms with Crippen LogP contribution in [0.3, 0.4) is 0 Å². The monoisotopic (exact) mass is 297 g/mol. The average Bonchev–Trinajstić information content (AvgIpc) is 2.87. The van der Waals surface area contributed by atoms with Crippen molar-refractivity contribution in [3.63, 3.8) is 0 Å². The van der Waals surface area contributed by atoms with Gasteiger partial charge in [-0.1, -0.05) is 32.9 Å². The van der Waals surface area contributed by atoms with Crippen molar-refractivity contribution in [2.75, 3.05) is 13.2 Å². The summed E-state index contributed by atoms with van der Waals surface area (Å²) in [7, 11) is 0. The molecule has 0 saturated heterocycles. The zero-order valence-electron chi connectivity index (χ0n) is 14.4. The van der Waals surface area contributed by atoms with Crippen LogP contribution in [0.25, 0.3) is 0 Å². The van der Waals surface area contributed by atoms with Crippen LogP contribution in [0.4, 0.5) is 0 Å². The number of nitrogens with zero attached hydrogens (tertiary/aromatic N) is 2. The molecule has 1 rings (SSSR count). The molecular weight excluding hydrogens is 266 g/mol. The lowest BCUT2D eigenvalue weighted by atomic mass is 9.88. The van der Waals surface area contributed by atoms with Crippen LogP contribution in [0.1, 0.15) is 72.2 Å². The van der Waals surface area contributed by atoms with Crippen LogP contribution in [-0.4, -0.2) is 29.3 Å². The summed E-state index contributed by atoms with van der Waals surface area (Å²) in [6.07, 6.45) is 2.82. The smallest absolute Gasteiger partial charge is 0.226 e. The summed E-state index contributed by atoms with van der Waals surface area (Å²) in [4.78, 5) is 4.52. The molecule has 0 amide bonds. The van der Waals surface area contributed by atoms with Gasteiger partial charge in [0.2, 0.25) is 11.7 Å². The molecule has 5 heteroatoms. The van der Waals surface area contributed by atoms with Gasteiger partial charge >= 0.3 is 0 Å². The van der Waals surface area contributed by atoms with Crippen LogP contribution in [0.2, 0.25) is 0 Å². The Morgan fingerprint density at radius 2 is 2.00 bits per heavy atom. The Hall–Kier alpha value is -0.940. The molecule has 21 heavy (non-hydrogen) atoms. The molecule has 0 saturated carbocycles. The number of aryl methyl sites for hydroxylation is 1. The number of rotatable bonds is 9. The zero-order valence-corrected chi connectivity index (χ0v) is 14.4. The summed E-state index contributed by atoms with van der Waals surface area (Å²) in [5.74, 6) is 1.36. The third kappa shape index (κ3) is 6.14. The second kappa shape index (κ2) is 8.49. The van der Waals surface area contributed by atoms with E-state index in [-0.39, 0.29) is 11.5 Å². The van der Waals surface area contributed by atoms with E-state index in [1.807, 2.05) is 6.92 Å². The average molecular weight is 297 g/mol. The molecule has 0 aliphatic heterocycles. The van der Waals surface area contributed by atoms with Gasteiger partial charge in [0.1, 0.15) is 6.10 Å². The van der Waals surface area contributed by atoms with E-state index in [1.165, 1.54) is 0 Å². The Balaban J connectivity index is 2.59. The topological polar surface area (TPSA) is 60.2 Å². The minimum absolute atomic E-state index is 0.0485. The van der Waals surface area contributed by atoms with E-state index >= 15 is 0 Å². The summed E-state index contributed by atoms with van der Waals surface area (Å²) in [5.41, 5.74) is -0.0485. The zero-order chi connectivity index (χ0) is 15.9. The van der Waals surface area contributed by atoms with E-state index in [9.17, 15) is 0 Å². The van der Waals surface area contributed by atoms with E-state index in [0.29, 0.717) is 24.4 Å². The number of nitrogens with one attached hydrogen (secondary N) is 1. The lowest BCUT2D eigenvalue weighted by molar-refractivity contribution is -0.0203. The molecule has 2 unspecified atom stereocenters. The normalized spacial score (nSPS) is 15.1. The molecule has 1 heterocycles. The summed E-state index contributed by atoms with van der Waals surface area (Å²) < 4.78 is 11.2. The van der Waals surface area contributed by atoms with Gasteiger partial charge in [0.15, 0.2) is 0 Å². The fourth-order valence-electron chi connectivity index (χ4n) is 2.19. The van der Waals surface area contributed by atoms with Crippen molar-refractivity contribution in [2.45, 2.75) is 73.0 Å². The summed E-state index contributed by atoms with van der Waals surface area (Å²) in [5, 5.41) is 7.57. The van der Waals surface area contributed by atoms with E-state index in [0.717, 1.165) is 25.8 Å². The maximum Gasteiger partial charge on any atom is 0.226 e. The summed E-state index contributed by atoms with van der Waals surface area (Å²) >= 11 is 0. The molecule has 0 spiro atoms. The lowest BCUT2D eigenvalue weighted by Crippen LogP contribution is -2.27. The molecule has 0 fully saturated rings. The van der Waals surface area contributed by atoms with Gasteiger partial charge in [-0.05, 0) is 38.6 Å². The molecule has 2 atom stereocenters. The molecule has 1 N–H and O–H groups in total. The van der Waals surface area contributed by atoms with Gasteiger partial charge < -0.3 is 14.6 Å². The van der Waals surface area contributed by atoms with Crippen molar-refractivity contribution >= 4 is 0 Å². The first-order valence-corrected chi connectivity index (χ1v) is 8.05. The van der Waals surface area contributed by atoms with Crippen LogP contribution in [0, 0.1) is 5.41 Å². The molecule has 122 valence electrons. The second-order valence-corrected chi connectivity index (χ2v) is 6.64. The van der Waals surface area contributed by atoms with Gasteiger partial charge in [0.25, 0.3) is 0 Å². The van der Waals surface area contributed by atoms with Gasteiger partial charge in [-0.2, -0.15) is 4.98 Å². The first-order chi connectivity index (χ1) is 9.88. The van der Waals surface area contributed by atoms with Crippen molar-refractivity contribution in [3.8, 4) is 0 Å². The minimum atomic E-state index is -0.129. The number of aromatic nitrogens is 2. The fourth-order valence-corrected chi connectivity index (χ4v) is 2.19. The highest BCUT2D eigenvalue weighted by atomic mass is 16.5. The summed E-state index contributed by atoms with van der Waals surface area (Å²) in [6, 6.07) is 0.464. The molecule has 5 nitrogen and oxygen atoms in total. The van der Waals surface area contributed by atoms with Crippen molar-refractivity contribution in [2.24, 2.45) is 5.41 Å². The minimum Gasteiger partial charge on any atom is -0.370 e. The first kappa shape index (κ1) is 18.1. The summed E-state index contributed by atoms with van der Waals surface area (Å²) in [6.45, 7) is 14.4. The number of hydrogen-bond acceptors (Lipinski definition) is 5. The van der Waals surface area contributed by atoms with Gasteiger partial charge in [-0.15, -0.1) is 0 Å². The van der Waals surface area contributed by atoms with Crippen LogP contribution < -0.4 is 5.32 Å². The third-order valence-electron chi connectivity index (χ3n) is 3.37. The molecule has 0 bridgehead atoms. The van der Waals surface area contributed by atoms with E-state index in [1.54, 1.807) is 0 Å². The maximum absolute atomic E-state index is 5.79. The molecule has 0 aliphatic carbocycles. The highest BCUT2D eigenvalue weighted by Gasteiger charge is 2.31. The van der Waals surface area contributed by atoms with Crippen LogP contribution in [-0.2, 0) is 11.2 Å². The van der Waals surface area contributed by atoms with E-state index in [4.69, 9.17) is 9.26 Å². The van der Waals surface area contributed by atoms with Gasteiger partial charge in [0.05, 0.1) is 0 Å². The van der Waals surface area contributed by atoms with Crippen molar-refractivity contribution in [1.82, 2.24) is 15.5 Å². The van der Waals surface area contributed by atoms with Crippen molar-refractivity contribution in [3.05, 3.63) is 11.7 Å². The molecule has 0 aliphatic rings. The number of ether oxygens (including phenoxy) is 1. The van der Waals surface area contributed by atoms with Gasteiger partial charge in [0, 0.05) is 19.1 Å². The maximum atomic E-state index is 5.79. The Morgan fingerprint density at radius 1 is 1.29 bits per heavy atom.